The highest BCUT2D eigenvalue weighted by Crippen LogP contribution is 2.47. The zero-order valence-electron chi connectivity index (χ0n) is 14.0. The van der Waals surface area contributed by atoms with Crippen molar-refractivity contribution in [3.05, 3.63) is 0 Å². The Balaban J connectivity index is 3.16. The maximum absolute atomic E-state index is 11.5. The standard InChI is InChI=1S/C15H33O4PS2/c1-15(2)20(17,18)19-12-8-4-6-10-14-22-21-13-9-5-3-7-11-16/h15-16H,3-14H2,1-2H3,(H,17,18). The van der Waals surface area contributed by atoms with E-state index < -0.39 is 7.60 Å². The highest BCUT2D eigenvalue weighted by molar-refractivity contribution is 8.76. The molecule has 0 aromatic rings. The zero-order chi connectivity index (χ0) is 16.7. The van der Waals surface area contributed by atoms with E-state index in [0.717, 1.165) is 32.1 Å². The highest BCUT2D eigenvalue weighted by Gasteiger charge is 2.23. The Hall–Kier alpha value is 0.810. The summed E-state index contributed by atoms with van der Waals surface area (Å²) in [6, 6.07) is 0. The Bertz CT molecular complexity index is 291. The first-order chi connectivity index (χ1) is 10.5. The van der Waals surface area contributed by atoms with Crippen molar-refractivity contribution < 1.29 is 19.1 Å². The van der Waals surface area contributed by atoms with Crippen LogP contribution in [-0.4, -0.2) is 40.4 Å². The van der Waals surface area contributed by atoms with Crippen LogP contribution >= 0.6 is 29.2 Å². The van der Waals surface area contributed by atoms with Gasteiger partial charge < -0.3 is 14.5 Å². The Kier molecular flexibility index (Phi) is 15.9. The summed E-state index contributed by atoms with van der Waals surface area (Å²) in [5.41, 5.74) is -0.315. The quantitative estimate of drug-likeness (QED) is 0.223. The second-order valence-corrected chi connectivity index (χ2v) is 10.8. The number of unbranched alkanes of at least 4 members (excludes halogenated alkanes) is 6. The average molecular weight is 373 g/mol. The predicted molar refractivity (Wildman–Crippen MR) is 99.9 cm³/mol. The summed E-state index contributed by atoms with van der Waals surface area (Å²) in [4.78, 5) is 9.50. The predicted octanol–water partition coefficient (Wildman–Crippen LogP) is 5.09. The van der Waals surface area contributed by atoms with Gasteiger partial charge in [-0.1, -0.05) is 61.1 Å². The molecule has 0 spiro atoms. The van der Waals surface area contributed by atoms with Crippen molar-refractivity contribution in [2.24, 2.45) is 0 Å². The molecule has 0 saturated heterocycles. The molecule has 4 nitrogen and oxygen atoms in total. The fraction of sp³-hybridized carbons (Fsp3) is 1.00. The van der Waals surface area contributed by atoms with E-state index >= 15 is 0 Å². The first-order valence-electron chi connectivity index (χ1n) is 8.33. The van der Waals surface area contributed by atoms with Gasteiger partial charge in [-0.25, -0.2) is 0 Å². The van der Waals surface area contributed by atoms with Gasteiger partial charge in [0.1, 0.15) is 0 Å². The Morgan fingerprint density at radius 1 is 0.909 bits per heavy atom. The lowest BCUT2D eigenvalue weighted by Gasteiger charge is -2.14. The van der Waals surface area contributed by atoms with E-state index in [1.165, 1.54) is 30.8 Å². The monoisotopic (exact) mass is 372 g/mol. The summed E-state index contributed by atoms with van der Waals surface area (Å²) in [6.07, 6.45) is 8.81. The molecule has 0 aliphatic rings. The van der Waals surface area contributed by atoms with Crippen LogP contribution < -0.4 is 0 Å². The summed E-state index contributed by atoms with van der Waals surface area (Å²) >= 11 is 0. The maximum Gasteiger partial charge on any atom is 0.330 e. The van der Waals surface area contributed by atoms with E-state index in [-0.39, 0.29) is 5.66 Å². The Morgan fingerprint density at radius 2 is 1.41 bits per heavy atom. The van der Waals surface area contributed by atoms with Gasteiger partial charge in [-0.2, -0.15) is 0 Å². The molecule has 0 rings (SSSR count). The number of aliphatic hydroxyl groups is 1. The van der Waals surface area contributed by atoms with Crippen molar-refractivity contribution >= 4 is 29.2 Å². The normalized spacial score (nSPS) is 14.4. The van der Waals surface area contributed by atoms with Crippen molar-refractivity contribution in [2.75, 3.05) is 24.7 Å². The third kappa shape index (κ3) is 14.4. The molecule has 0 radical (unpaired) electrons. The van der Waals surface area contributed by atoms with Gasteiger partial charge in [0.15, 0.2) is 0 Å². The van der Waals surface area contributed by atoms with Gasteiger partial charge in [-0.15, -0.1) is 0 Å². The topological polar surface area (TPSA) is 66.8 Å². The fourth-order valence-corrected chi connectivity index (χ4v) is 4.69. The summed E-state index contributed by atoms with van der Waals surface area (Å²) in [5, 5.41) is 8.66. The van der Waals surface area contributed by atoms with E-state index in [1.54, 1.807) is 13.8 Å². The van der Waals surface area contributed by atoms with Gasteiger partial charge in [-0.3, -0.25) is 4.57 Å². The molecule has 0 fully saturated rings. The zero-order valence-corrected chi connectivity index (χ0v) is 16.6. The molecular weight excluding hydrogens is 339 g/mol. The molecule has 0 heterocycles. The molecule has 2 N–H and O–H groups in total. The molecule has 0 saturated carbocycles. The molecule has 0 amide bonds. The molecule has 22 heavy (non-hydrogen) atoms. The minimum absolute atomic E-state index is 0.315. The van der Waals surface area contributed by atoms with Crippen molar-refractivity contribution in [1.82, 2.24) is 0 Å². The van der Waals surface area contributed by atoms with Crippen LogP contribution in [0.15, 0.2) is 0 Å². The lowest BCUT2D eigenvalue weighted by Crippen LogP contribution is -2.02. The van der Waals surface area contributed by atoms with Crippen molar-refractivity contribution in [2.45, 2.75) is 70.9 Å². The molecule has 0 bridgehead atoms. The molecule has 0 aromatic carbocycles. The van der Waals surface area contributed by atoms with Crippen LogP contribution in [0.3, 0.4) is 0 Å². The van der Waals surface area contributed by atoms with Gasteiger partial charge in [0.25, 0.3) is 0 Å². The van der Waals surface area contributed by atoms with Crippen molar-refractivity contribution in [3.8, 4) is 0 Å². The molecule has 0 aromatic heterocycles. The van der Waals surface area contributed by atoms with E-state index in [0.29, 0.717) is 13.2 Å². The van der Waals surface area contributed by atoms with E-state index in [4.69, 9.17) is 9.63 Å². The van der Waals surface area contributed by atoms with Gasteiger partial charge in [0.2, 0.25) is 0 Å². The van der Waals surface area contributed by atoms with Crippen molar-refractivity contribution in [3.63, 3.8) is 0 Å². The van der Waals surface area contributed by atoms with E-state index in [9.17, 15) is 9.46 Å². The van der Waals surface area contributed by atoms with Crippen LogP contribution in [0, 0.1) is 0 Å². The second-order valence-electron chi connectivity index (χ2n) is 5.69. The SMILES string of the molecule is CC(C)P(=O)(O)OCCCCCCSSCCCCCCO. The van der Waals surface area contributed by atoms with Crippen LogP contribution in [0.2, 0.25) is 0 Å². The van der Waals surface area contributed by atoms with Gasteiger partial charge in [-0.05, 0) is 25.7 Å². The largest absolute Gasteiger partial charge is 0.396 e. The summed E-state index contributed by atoms with van der Waals surface area (Å²) in [5.74, 6) is 2.37. The maximum atomic E-state index is 11.5. The van der Waals surface area contributed by atoms with E-state index in [2.05, 4.69) is 0 Å². The van der Waals surface area contributed by atoms with E-state index in [1.807, 2.05) is 21.6 Å². The summed E-state index contributed by atoms with van der Waals surface area (Å²) in [6.45, 7) is 4.13. The number of hydrogen-bond acceptors (Lipinski definition) is 5. The van der Waals surface area contributed by atoms with Gasteiger partial charge in [0.05, 0.1) is 12.3 Å². The summed E-state index contributed by atoms with van der Waals surface area (Å²) < 4.78 is 16.6. The van der Waals surface area contributed by atoms with Crippen LogP contribution in [0.4, 0.5) is 0 Å². The minimum atomic E-state index is -3.37. The molecule has 134 valence electrons. The van der Waals surface area contributed by atoms with Crippen LogP contribution in [0.5, 0.6) is 0 Å². The average Bonchev–Trinajstić information content (AvgIpc) is 2.47. The molecule has 1 unspecified atom stereocenters. The first kappa shape index (κ1) is 22.8. The molecule has 0 aliphatic carbocycles. The third-order valence-electron chi connectivity index (χ3n) is 3.27. The van der Waals surface area contributed by atoms with Crippen LogP contribution in [-0.2, 0) is 9.09 Å². The highest BCUT2D eigenvalue weighted by atomic mass is 33.1. The number of aliphatic hydroxyl groups excluding tert-OH is 1. The minimum Gasteiger partial charge on any atom is -0.396 e. The number of rotatable bonds is 16. The summed E-state index contributed by atoms with van der Waals surface area (Å²) in [7, 11) is 0.516. The van der Waals surface area contributed by atoms with Crippen LogP contribution in [0.1, 0.15) is 65.2 Å². The molecule has 7 heteroatoms. The lowest BCUT2D eigenvalue weighted by atomic mass is 10.2. The number of hydrogen-bond donors (Lipinski definition) is 2. The third-order valence-corrected chi connectivity index (χ3v) is 7.70. The first-order valence-corrected chi connectivity index (χ1v) is 12.5. The smallest absolute Gasteiger partial charge is 0.330 e. The Morgan fingerprint density at radius 3 is 1.91 bits per heavy atom. The lowest BCUT2D eigenvalue weighted by molar-refractivity contribution is 0.247. The van der Waals surface area contributed by atoms with Gasteiger partial charge in [0, 0.05) is 18.1 Å². The van der Waals surface area contributed by atoms with Gasteiger partial charge >= 0.3 is 7.60 Å². The second kappa shape index (κ2) is 15.3. The molecular formula is C15H33O4PS2. The molecule has 1 atom stereocenters. The Labute approximate surface area is 144 Å². The van der Waals surface area contributed by atoms with Crippen LogP contribution in [0.25, 0.3) is 0 Å². The molecule has 0 aliphatic heterocycles. The fourth-order valence-electron chi connectivity index (χ4n) is 1.71. The van der Waals surface area contributed by atoms with Crippen molar-refractivity contribution in [1.29, 1.82) is 0 Å².